The Labute approximate surface area is 95.3 Å². The topological polar surface area (TPSA) is 34.4 Å². The lowest BCUT2D eigenvalue weighted by molar-refractivity contribution is 0.280. The molecule has 3 nitrogen and oxygen atoms in total. The largest absolute Gasteiger partial charge is 0.497 e. The van der Waals surface area contributed by atoms with Crippen molar-refractivity contribution in [2.45, 2.75) is 19.9 Å². The average molecular weight is 219 g/mol. The summed E-state index contributed by atoms with van der Waals surface area (Å²) in [4.78, 5) is 0. The predicted molar refractivity (Wildman–Crippen MR) is 64.9 cm³/mol. The van der Waals surface area contributed by atoms with Gasteiger partial charge in [0.25, 0.3) is 0 Å². The quantitative estimate of drug-likeness (QED) is 0.856. The third kappa shape index (κ3) is 1.91. The van der Waals surface area contributed by atoms with Crippen molar-refractivity contribution >= 4 is 10.9 Å². The fourth-order valence-electron chi connectivity index (χ4n) is 2.01. The Kier molecular flexibility index (Phi) is 3.15. The monoisotopic (exact) mass is 219 g/mol. The Hall–Kier alpha value is -1.48. The van der Waals surface area contributed by atoms with E-state index in [1.807, 2.05) is 12.1 Å². The highest BCUT2D eigenvalue weighted by molar-refractivity contribution is 5.85. The number of ether oxygens (including phenoxy) is 1. The van der Waals surface area contributed by atoms with Gasteiger partial charge in [-0.1, -0.05) is 0 Å². The molecule has 1 aromatic heterocycles. The number of hydrogen-bond donors (Lipinski definition) is 1. The summed E-state index contributed by atoms with van der Waals surface area (Å²) < 4.78 is 7.40. The molecule has 0 aliphatic carbocycles. The van der Waals surface area contributed by atoms with Crippen LogP contribution in [0, 0.1) is 6.92 Å². The van der Waals surface area contributed by atoms with Crippen LogP contribution in [0.25, 0.3) is 10.9 Å². The van der Waals surface area contributed by atoms with Crippen LogP contribution in [-0.2, 0) is 6.54 Å². The normalized spacial score (nSPS) is 10.9. The van der Waals surface area contributed by atoms with Gasteiger partial charge >= 0.3 is 0 Å². The first-order valence-corrected chi connectivity index (χ1v) is 5.50. The average Bonchev–Trinajstić information content (AvgIpc) is 2.63. The van der Waals surface area contributed by atoms with E-state index in [0.29, 0.717) is 0 Å². The van der Waals surface area contributed by atoms with E-state index in [4.69, 9.17) is 9.84 Å². The van der Waals surface area contributed by atoms with Gasteiger partial charge in [-0.3, -0.25) is 0 Å². The smallest absolute Gasteiger partial charge is 0.120 e. The Morgan fingerprint density at radius 2 is 2.19 bits per heavy atom. The first-order chi connectivity index (χ1) is 7.76. The van der Waals surface area contributed by atoms with Crippen molar-refractivity contribution < 1.29 is 9.84 Å². The second-order valence-corrected chi connectivity index (χ2v) is 3.97. The molecular weight excluding hydrogens is 202 g/mol. The van der Waals surface area contributed by atoms with Crippen LogP contribution in [0.1, 0.15) is 12.0 Å². The molecule has 0 atom stereocenters. The van der Waals surface area contributed by atoms with E-state index in [0.717, 1.165) is 18.7 Å². The van der Waals surface area contributed by atoms with Crippen LogP contribution in [0.5, 0.6) is 5.75 Å². The van der Waals surface area contributed by atoms with Crippen molar-refractivity contribution in [3.63, 3.8) is 0 Å². The van der Waals surface area contributed by atoms with Crippen LogP contribution < -0.4 is 4.74 Å². The lowest BCUT2D eigenvalue weighted by Crippen LogP contribution is -1.98. The number of benzene rings is 1. The van der Waals surface area contributed by atoms with Crippen molar-refractivity contribution in [1.29, 1.82) is 0 Å². The van der Waals surface area contributed by atoms with Crippen LogP contribution in [0.2, 0.25) is 0 Å². The second kappa shape index (κ2) is 4.58. The first kappa shape index (κ1) is 11.0. The van der Waals surface area contributed by atoms with Crippen LogP contribution >= 0.6 is 0 Å². The Morgan fingerprint density at radius 1 is 1.38 bits per heavy atom. The summed E-state index contributed by atoms with van der Waals surface area (Å²) in [6, 6.07) is 6.10. The molecule has 2 rings (SSSR count). The molecule has 0 aliphatic rings. The van der Waals surface area contributed by atoms with E-state index in [1.165, 1.54) is 16.5 Å². The number of aromatic nitrogens is 1. The molecule has 0 spiro atoms. The van der Waals surface area contributed by atoms with Crippen molar-refractivity contribution in [1.82, 2.24) is 4.57 Å². The molecule has 1 heterocycles. The van der Waals surface area contributed by atoms with Crippen molar-refractivity contribution in [3.8, 4) is 5.75 Å². The van der Waals surface area contributed by atoms with Gasteiger partial charge in [-0.25, -0.2) is 0 Å². The number of aryl methyl sites for hydroxylation is 2. The summed E-state index contributed by atoms with van der Waals surface area (Å²) >= 11 is 0. The van der Waals surface area contributed by atoms with Gasteiger partial charge in [0.05, 0.1) is 12.6 Å². The van der Waals surface area contributed by atoms with Gasteiger partial charge in [0.15, 0.2) is 0 Å². The maximum atomic E-state index is 8.87. The van der Waals surface area contributed by atoms with Gasteiger partial charge in [-0.05, 0) is 31.0 Å². The van der Waals surface area contributed by atoms with Gasteiger partial charge < -0.3 is 14.4 Å². The molecule has 86 valence electrons. The zero-order chi connectivity index (χ0) is 11.5. The summed E-state index contributed by atoms with van der Waals surface area (Å²) in [6.07, 6.45) is 2.90. The van der Waals surface area contributed by atoms with Crippen LogP contribution in [-0.4, -0.2) is 23.4 Å². The number of hydrogen-bond acceptors (Lipinski definition) is 2. The van der Waals surface area contributed by atoms with Crippen LogP contribution in [0.4, 0.5) is 0 Å². The number of aliphatic hydroxyl groups excluding tert-OH is 1. The lowest BCUT2D eigenvalue weighted by atomic mass is 10.2. The molecule has 2 aromatic rings. The standard InChI is InChI=1S/C13H17NO2/c1-10-9-14(6-3-7-15)13-8-11(16-2)4-5-12(10)13/h4-5,8-9,15H,3,6-7H2,1-2H3. The van der Waals surface area contributed by atoms with Gasteiger partial charge in [0.2, 0.25) is 0 Å². The summed E-state index contributed by atoms with van der Waals surface area (Å²) in [5, 5.41) is 10.1. The molecule has 0 saturated heterocycles. The Balaban J connectivity index is 2.47. The van der Waals surface area contributed by atoms with Gasteiger partial charge in [0, 0.05) is 30.8 Å². The minimum Gasteiger partial charge on any atom is -0.497 e. The van der Waals surface area contributed by atoms with E-state index >= 15 is 0 Å². The van der Waals surface area contributed by atoms with Crippen LogP contribution in [0.15, 0.2) is 24.4 Å². The Bertz CT molecular complexity index is 488. The molecule has 0 fully saturated rings. The number of nitrogens with zero attached hydrogens (tertiary/aromatic N) is 1. The van der Waals surface area contributed by atoms with E-state index < -0.39 is 0 Å². The van der Waals surface area contributed by atoms with E-state index in [2.05, 4.69) is 23.8 Å². The molecule has 0 radical (unpaired) electrons. The van der Waals surface area contributed by atoms with Gasteiger partial charge in [0.1, 0.15) is 5.75 Å². The lowest BCUT2D eigenvalue weighted by Gasteiger charge is -2.05. The third-order valence-electron chi connectivity index (χ3n) is 2.85. The molecule has 0 aliphatic heterocycles. The highest BCUT2D eigenvalue weighted by atomic mass is 16.5. The van der Waals surface area contributed by atoms with Crippen molar-refractivity contribution in [2.75, 3.05) is 13.7 Å². The molecule has 0 unspecified atom stereocenters. The fraction of sp³-hybridized carbons (Fsp3) is 0.385. The summed E-state index contributed by atoms with van der Waals surface area (Å²) in [7, 11) is 1.68. The van der Waals surface area contributed by atoms with Crippen molar-refractivity contribution in [3.05, 3.63) is 30.0 Å². The Morgan fingerprint density at radius 3 is 2.88 bits per heavy atom. The minimum atomic E-state index is 0.225. The van der Waals surface area contributed by atoms with E-state index in [1.54, 1.807) is 7.11 Å². The zero-order valence-electron chi connectivity index (χ0n) is 9.73. The number of methoxy groups -OCH3 is 1. The molecular formula is C13H17NO2. The maximum Gasteiger partial charge on any atom is 0.120 e. The molecule has 1 aromatic carbocycles. The molecule has 0 amide bonds. The highest BCUT2D eigenvalue weighted by Gasteiger charge is 2.06. The molecule has 1 N–H and O–H groups in total. The minimum absolute atomic E-state index is 0.225. The number of aliphatic hydroxyl groups is 1. The van der Waals surface area contributed by atoms with Crippen molar-refractivity contribution in [2.24, 2.45) is 0 Å². The highest BCUT2D eigenvalue weighted by Crippen LogP contribution is 2.25. The molecule has 0 saturated carbocycles. The molecule has 16 heavy (non-hydrogen) atoms. The third-order valence-corrected chi connectivity index (χ3v) is 2.85. The van der Waals surface area contributed by atoms with E-state index in [9.17, 15) is 0 Å². The number of fused-ring (bicyclic) bond motifs is 1. The van der Waals surface area contributed by atoms with Crippen LogP contribution in [0.3, 0.4) is 0 Å². The van der Waals surface area contributed by atoms with Gasteiger partial charge in [-0.2, -0.15) is 0 Å². The zero-order valence-corrected chi connectivity index (χ0v) is 9.73. The molecule has 3 heteroatoms. The van der Waals surface area contributed by atoms with Gasteiger partial charge in [-0.15, -0.1) is 0 Å². The SMILES string of the molecule is COc1ccc2c(C)cn(CCCO)c2c1. The summed E-state index contributed by atoms with van der Waals surface area (Å²) in [5.74, 6) is 0.871. The summed E-state index contributed by atoms with van der Waals surface area (Å²) in [6.45, 7) is 3.17. The fourth-order valence-corrected chi connectivity index (χ4v) is 2.01. The first-order valence-electron chi connectivity index (χ1n) is 5.50. The predicted octanol–water partition coefficient (Wildman–Crippen LogP) is 2.34. The summed E-state index contributed by atoms with van der Waals surface area (Å²) in [5.41, 5.74) is 2.43. The second-order valence-electron chi connectivity index (χ2n) is 3.97. The molecule has 0 bridgehead atoms. The number of rotatable bonds is 4. The van der Waals surface area contributed by atoms with E-state index in [-0.39, 0.29) is 6.61 Å². The maximum absolute atomic E-state index is 8.87.